The van der Waals surface area contributed by atoms with Crippen LogP contribution in [0.4, 0.5) is 0 Å². The van der Waals surface area contributed by atoms with Gasteiger partial charge in [-0.1, -0.05) is 0 Å². The van der Waals surface area contributed by atoms with Crippen molar-refractivity contribution in [1.82, 2.24) is 20.2 Å². The predicted octanol–water partition coefficient (Wildman–Crippen LogP) is 2.74. The maximum atomic E-state index is 6.46. The van der Waals surface area contributed by atoms with E-state index >= 15 is 0 Å². The number of hydrogen-bond acceptors (Lipinski definition) is 3. The van der Waals surface area contributed by atoms with E-state index < -0.39 is 0 Å². The molecule has 0 aliphatic heterocycles. The number of rotatable bonds is 1. The first-order chi connectivity index (χ1) is 10.2. The van der Waals surface area contributed by atoms with Gasteiger partial charge in [-0.2, -0.15) is 0 Å². The SMILES string of the molecule is NC12CCC(c3[nH][nH]c4cnc5nccc5c34)(CC1)CC2. The van der Waals surface area contributed by atoms with E-state index in [4.69, 9.17) is 5.73 Å². The topological polar surface area (TPSA) is 83.4 Å². The number of fused-ring (bicyclic) bond motifs is 6. The first kappa shape index (κ1) is 11.7. The number of pyridine rings is 1. The minimum Gasteiger partial charge on any atom is -0.325 e. The number of nitrogens with two attached hydrogens (primary N) is 1. The van der Waals surface area contributed by atoms with Crippen molar-refractivity contribution < 1.29 is 0 Å². The Balaban J connectivity index is 1.76. The molecule has 2 bridgehead atoms. The van der Waals surface area contributed by atoms with E-state index in [-0.39, 0.29) is 11.0 Å². The van der Waals surface area contributed by atoms with Crippen molar-refractivity contribution in [3.8, 4) is 0 Å². The Morgan fingerprint density at radius 3 is 2.52 bits per heavy atom. The zero-order chi connectivity index (χ0) is 14.1. The minimum absolute atomic E-state index is 0.104. The summed E-state index contributed by atoms with van der Waals surface area (Å²) >= 11 is 0. The Morgan fingerprint density at radius 1 is 1.00 bits per heavy atom. The normalized spacial score (nSPS) is 32.2. The van der Waals surface area contributed by atoms with E-state index in [1.807, 2.05) is 12.4 Å². The third-order valence-corrected chi connectivity index (χ3v) is 5.94. The second-order valence-electron chi connectivity index (χ2n) is 7.00. The quantitative estimate of drug-likeness (QED) is 0.641. The summed E-state index contributed by atoms with van der Waals surface area (Å²) in [5.74, 6) is 0. The smallest absolute Gasteiger partial charge is 0.159 e. The fourth-order valence-electron chi connectivity index (χ4n) is 4.50. The molecule has 108 valence electrons. The molecule has 0 unspecified atom stereocenters. The number of aromatic amines is 2. The predicted molar refractivity (Wildman–Crippen MR) is 82.0 cm³/mol. The third-order valence-electron chi connectivity index (χ3n) is 5.94. The summed E-state index contributed by atoms with van der Waals surface area (Å²) in [7, 11) is 0. The molecular formula is C16H19N5. The van der Waals surface area contributed by atoms with Crippen molar-refractivity contribution in [2.75, 3.05) is 0 Å². The fraction of sp³-hybridized carbons (Fsp3) is 0.500. The molecule has 4 N–H and O–H groups in total. The summed E-state index contributed by atoms with van der Waals surface area (Å²) in [4.78, 5) is 8.76. The molecule has 0 amide bonds. The van der Waals surface area contributed by atoms with Crippen molar-refractivity contribution in [2.24, 2.45) is 5.73 Å². The Bertz CT molecular complexity index is 818. The van der Waals surface area contributed by atoms with Gasteiger partial charge in [0.1, 0.15) is 0 Å². The van der Waals surface area contributed by atoms with E-state index in [1.165, 1.54) is 30.3 Å². The summed E-state index contributed by atoms with van der Waals surface area (Å²) in [5.41, 5.74) is 10.1. The average molecular weight is 281 g/mol. The van der Waals surface area contributed by atoms with Gasteiger partial charge >= 0.3 is 0 Å². The van der Waals surface area contributed by atoms with Crippen LogP contribution in [0.3, 0.4) is 0 Å². The number of aromatic nitrogens is 4. The largest absolute Gasteiger partial charge is 0.325 e. The van der Waals surface area contributed by atoms with Gasteiger partial charge in [0.05, 0.1) is 11.7 Å². The average Bonchev–Trinajstić information content (AvgIpc) is 3.14. The van der Waals surface area contributed by atoms with Crippen LogP contribution in [-0.2, 0) is 5.41 Å². The Labute approximate surface area is 122 Å². The first-order valence-electron chi connectivity index (χ1n) is 7.78. The van der Waals surface area contributed by atoms with Gasteiger partial charge < -0.3 is 10.8 Å². The van der Waals surface area contributed by atoms with Crippen LogP contribution < -0.4 is 5.73 Å². The van der Waals surface area contributed by atoms with E-state index in [1.54, 1.807) is 0 Å². The van der Waals surface area contributed by atoms with Crippen molar-refractivity contribution in [1.29, 1.82) is 0 Å². The molecule has 0 aromatic carbocycles. The molecule has 0 saturated heterocycles. The van der Waals surface area contributed by atoms with Gasteiger partial charge in [0.25, 0.3) is 0 Å². The summed E-state index contributed by atoms with van der Waals surface area (Å²) in [6.07, 6.45) is 10.7. The molecule has 3 aliphatic rings. The van der Waals surface area contributed by atoms with Crippen LogP contribution in [0.2, 0.25) is 0 Å². The lowest BCUT2D eigenvalue weighted by molar-refractivity contribution is 0.105. The molecule has 0 radical (unpaired) electrons. The lowest BCUT2D eigenvalue weighted by Crippen LogP contribution is -2.53. The van der Waals surface area contributed by atoms with Crippen molar-refractivity contribution in [3.63, 3.8) is 0 Å². The fourth-order valence-corrected chi connectivity index (χ4v) is 4.50. The van der Waals surface area contributed by atoms with E-state index in [2.05, 4.69) is 26.2 Å². The van der Waals surface area contributed by atoms with Gasteiger partial charge in [-0.3, -0.25) is 5.10 Å². The molecule has 0 atom stereocenters. The molecule has 3 aliphatic carbocycles. The van der Waals surface area contributed by atoms with Crippen LogP contribution in [-0.4, -0.2) is 25.7 Å². The van der Waals surface area contributed by atoms with Crippen LogP contribution in [0.5, 0.6) is 0 Å². The lowest BCUT2D eigenvalue weighted by atomic mass is 9.56. The second-order valence-corrected chi connectivity index (χ2v) is 7.00. The standard InChI is InChI=1S/C16H19N5/c17-16-5-2-15(3-6-16,4-7-16)13-12-10-1-8-18-14(10)19-9-11(12)20-21-13/h1,8-9,20-21H,2-7,17H2. The Kier molecular flexibility index (Phi) is 2.04. The molecule has 0 spiro atoms. The summed E-state index contributed by atoms with van der Waals surface area (Å²) in [5, 5.41) is 9.21. The van der Waals surface area contributed by atoms with Crippen LogP contribution in [0.25, 0.3) is 21.9 Å². The van der Waals surface area contributed by atoms with Gasteiger partial charge in [0.15, 0.2) is 5.65 Å². The molecule has 3 fully saturated rings. The van der Waals surface area contributed by atoms with Crippen LogP contribution in [0.15, 0.2) is 18.5 Å². The van der Waals surface area contributed by atoms with Gasteiger partial charge in [0, 0.05) is 33.6 Å². The molecule has 21 heavy (non-hydrogen) atoms. The molecule has 3 aromatic heterocycles. The van der Waals surface area contributed by atoms with Gasteiger partial charge in [-0.05, 0) is 44.6 Å². The number of nitrogens with one attached hydrogen (secondary N) is 2. The highest BCUT2D eigenvalue weighted by atomic mass is 15.1. The second kappa shape index (κ2) is 3.65. The summed E-state index contributed by atoms with van der Waals surface area (Å²) in [6.45, 7) is 0. The maximum absolute atomic E-state index is 6.46. The maximum Gasteiger partial charge on any atom is 0.159 e. The van der Waals surface area contributed by atoms with Crippen LogP contribution >= 0.6 is 0 Å². The molecule has 5 nitrogen and oxygen atoms in total. The van der Waals surface area contributed by atoms with Gasteiger partial charge in [0.2, 0.25) is 0 Å². The Morgan fingerprint density at radius 2 is 1.76 bits per heavy atom. The first-order valence-corrected chi connectivity index (χ1v) is 7.78. The molecule has 6 rings (SSSR count). The molecular weight excluding hydrogens is 262 g/mol. The van der Waals surface area contributed by atoms with Gasteiger partial charge in [-0.25, -0.2) is 9.97 Å². The highest BCUT2D eigenvalue weighted by Gasteiger charge is 2.48. The van der Waals surface area contributed by atoms with Gasteiger partial charge in [-0.15, -0.1) is 0 Å². The van der Waals surface area contributed by atoms with E-state index in [9.17, 15) is 0 Å². The van der Waals surface area contributed by atoms with Crippen LogP contribution in [0.1, 0.15) is 44.2 Å². The number of H-pyrrole nitrogens is 2. The van der Waals surface area contributed by atoms with Crippen LogP contribution in [0, 0.1) is 0 Å². The molecule has 3 saturated carbocycles. The van der Waals surface area contributed by atoms with Crippen molar-refractivity contribution >= 4 is 21.9 Å². The van der Waals surface area contributed by atoms with Crippen molar-refractivity contribution in [3.05, 3.63) is 24.2 Å². The monoisotopic (exact) mass is 281 g/mol. The highest BCUT2D eigenvalue weighted by molar-refractivity contribution is 6.05. The zero-order valence-corrected chi connectivity index (χ0v) is 11.9. The number of nitrogens with zero attached hydrogens (tertiary/aromatic N) is 2. The highest BCUT2D eigenvalue weighted by Crippen LogP contribution is 2.53. The van der Waals surface area contributed by atoms with E-state index in [0.29, 0.717) is 0 Å². The zero-order valence-electron chi connectivity index (χ0n) is 11.9. The molecule has 3 heterocycles. The summed E-state index contributed by atoms with van der Waals surface area (Å²) in [6, 6.07) is 2.07. The lowest BCUT2D eigenvalue weighted by Gasteiger charge is -2.51. The van der Waals surface area contributed by atoms with Crippen molar-refractivity contribution in [2.45, 2.75) is 49.5 Å². The molecule has 3 aromatic rings. The van der Waals surface area contributed by atoms with E-state index in [0.717, 1.165) is 35.8 Å². The third kappa shape index (κ3) is 1.44. The Hall–Kier alpha value is -1.88. The summed E-state index contributed by atoms with van der Waals surface area (Å²) < 4.78 is 0. The number of hydrogen-bond donors (Lipinski definition) is 3. The minimum atomic E-state index is 0.104. The molecule has 5 heteroatoms.